The minimum atomic E-state index is -0.665. The number of benzene rings is 2. The number of nitrogens with zero attached hydrogens (tertiary/aromatic N) is 3. The van der Waals surface area contributed by atoms with E-state index in [1.54, 1.807) is 17.1 Å². The summed E-state index contributed by atoms with van der Waals surface area (Å²) in [6.45, 7) is 2.13. The second kappa shape index (κ2) is 6.87. The van der Waals surface area contributed by atoms with Gasteiger partial charge in [0.1, 0.15) is 19.3 Å². The average Bonchev–Trinajstić information content (AvgIpc) is 3.22. The Kier molecular flexibility index (Phi) is 4.27. The molecule has 0 radical (unpaired) electrons. The molecule has 0 spiro atoms. The largest absolute Gasteiger partial charge is 0.485 e. The maximum absolute atomic E-state index is 12.5. The topological polar surface area (TPSA) is 78.3 Å². The van der Waals surface area contributed by atoms with Crippen molar-refractivity contribution in [2.45, 2.75) is 19.1 Å². The lowest BCUT2D eigenvalue weighted by atomic mass is 10.1. The average molecular weight is 350 g/mol. The molecule has 7 heteroatoms. The number of hydrogen-bond acceptors (Lipinski definition) is 5. The molecule has 3 aromatic rings. The van der Waals surface area contributed by atoms with Crippen molar-refractivity contribution in [2.75, 3.05) is 6.61 Å². The van der Waals surface area contributed by atoms with Gasteiger partial charge >= 0.3 is 0 Å². The van der Waals surface area contributed by atoms with Gasteiger partial charge in [-0.2, -0.15) is 5.10 Å². The summed E-state index contributed by atoms with van der Waals surface area (Å²) in [7, 11) is 0. The first-order chi connectivity index (χ1) is 12.7. The summed E-state index contributed by atoms with van der Waals surface area (Å²) >= 11 is 0. The number of nitrogens with one attached hydrogen (secondary N) is 1. The minimum Gasteiger partial charge on any atom is -0.485 e. The molecule has 4 rings (SSSR count). The van der Waals surface area contributed by atoms with Crippen molar-refractivity contribution < 1.29 is 14.3 Å². The summed E-state index contributed by atoms with van der Waals surface area (Å²) in [6.07, 6.45) is 2.46. The second-order valence-electron chi connectivity index (χ2n) is 6.03. The van der Waals surface area contributed by atoms with Crippen LogP contribution in [0.2, 0.25) is 0 Å². The maximum atomic E-state index is 12.5. The summed E-state index contributed by atoms with van der Waals surface area (Å²) in [6, 6.07) is 14.9. The summed E-state index contributed by atoms with van der Waals surface area (Å²) in [4.78, 5) is 16.4. The van der Waals surface area contributed by atoms with E-state index in [0.29, 0.717) is 11.5 Å². The third-order valence-corrected chi connectivity index (χ3v) is 4.24. The van der Waals surface area contributed by atoms with Crippen LogP contribution in [0.1, 0.15) is 18.5 Å². The van der Waals surface area contributed by atoms with Crippen LogP contribution in [0.15, 0.2) is 61.2 Å². The highest BCUT2D eigenvalue weighted by Crippen LogP contribution is 2.31. The molecule has 1 aliphatic heterocycles. The van der Waals surface area contributed by atoms with E-state index in [0.717, 1.165) is 11.3 Å². The van der Waals surface area contributed by atoms with Crippen LogP contribution in [-0.2, 0) is 4.79 Å². The van der Waals surface area contributed by atoms with Gasteiger partial charge in [-0.15, -0.1) is 0 Å². The number of carbonyl (C=O) groups excluding carboxylic acids is 1. The van der Waals surface area contributed by atoms with Crippen LogP contribution in [0, 0.1) is 0 Å². The zero-order chi connectivity index (χ0) is 17.9. The fraction of sp³-hybridized carbons (Fsp3) is 0.211. The van der Waals surface area contributed by atoms with Gasteiger partial charge in [0, 0.05) is 0 Å². The Morgan fingerprint density at radius 3 is 2.69 bits per heavy atom. The molecular weight excluding hydrogens is 332 g/mol. The first-order valence-electron chi connectivity index (χ1n) is 8.34. The van der Waals surface area contributed by atoms with Gasteiger partial charge in [0.15, 0.2) is 11.5 Å². The fourth-order valence-corrected chi connectivity index (χ4v) is 2.80. The SMILES string of the molecule is C[C@H](NC(=O)[C@H]1COc2ccccc2O1)c1ccc(-n2cncn2)cc1. The molecule has 0 saturated heterocycles. The number of aromatic nitrogens is 3. The summed E-state index contributed by atoms with van der Waals surface area (Å²) < 4.78 is 13.0. The number of rotatable bonds is 4. The van der Waals surface area contributed by atoms with Crippen molar-refractivity contribution >= 4 is 5.91 Å². The van der Waals surface area contributed by atoms with Crippen molar-refractivity contribution in [3.63, 3.8) is 0 Å². The van der Waals surface area contributed by atoms with Gasteiger partial charge in [-0.3, -0.25) is 4.79 Å². The molecule has 2 atom stereocenters. The Labute approximate surface area is 150 Å². The van der Waals surface area contributed by atoms with Gasteiger partial charge in [0.2, 0.25) is 6.10 Å². The van der Waals surface area contributed by atoms with Crippen molar-refractivity contribution in [1.29, 1.82) is 0 Å². The van der Waals surface area contributed by atoms with E-state index in [9.17, 15) is 4.79 Å². The fourth-order valence-electron chi connectivity index (χ4n) is 2.80. The van der Waals surface area contributed by atoms with Crippen LogP contribution >= 0.6 is 0 Å². The van der Waals surface area contributed by atoms with E-state index < -0.39 is 6.10 Å². The number of ether oxygens (including phenoxy) is 2. The van der Waals surface area contributed by atoms with Crippen molar-refractivity contribution in [1.82, 2.24) is 20.1 Å². The number of carbonyl (C=O) groups is 1. The molecule has 2 heterocycles. The Morgan fingerprint density at radius 2 is 1.96 bits per heavy atom. The summed E-state index contributed by atoms with van der Waals surface area (Å²) in [5.74, 6) is 1.05. The summed E-state index contributed by atoms with van der Waals surface area (Å²) in [5.41, 5.74) is 1.89. The standard InChI is InChI=1S/C19H18N4O3/c1-13(14-6-8-15(9-7-14)23-12-20-11-21-23)22-19(24)18-10-25-16-4-2-3-5-17(16)26-18/h2-9,11-13,18H,10H2,1H3,(H,22,24)/t13-,18+/m0/s1. The highest BCUT2D eigenvalue weighted by Gasteiger charge is 2.28. The van der Waals surface area contributed by atoms with Crippen molar-refractivity contribution in [2.24, 2.45) is 0 Å². The third-order valence-electron chi connectivity index (χ3n) is 4.24. The molecule has 1 aliphatic rings. The lowest BCUT2D eigenvalue weighted by molar-refractivity contribution is -0.131. The third kappa shape index (κ3) is 3.23. The number of para-hydroxylation sites is 2. The molecule has 0 saturated carbocycles. The normalized spacial score (nSPS) is 16.7. The molecule has 0 aliphatic carbocycles. The van der Waals surface area contributed by atoms with Crippen LogP contribution in [0.4, 0.5) is 0 Å². The molecular formula is C19H18N4O3. The van der Waals surface area contributed by atoms with E-state index in [1.807, 2.05) is 49.4 Å². The van der Waals surface area contributed by atoms with Gasteiger partial charge in [-0.1, -0.05) is 24.3 Å². The highest BCUT2D eigenvalue weighted by atomic mass is 16.6. The van der Waals surface area contributed by atoms with Crippen LogP contribution in [-0.4, -0.2) is 33.4 Å². The van der Waals surface area contributed by atoms with E-state index >= 15 is 0 Å². The number of fused-ring (bicyclic) bond motifs is 1. The minimum absolute atomic E-state index is 0.159. The quantitative estimate of drug-likeness (QED) is 0.781. The van der Waals surface area contributed by atoms with Crippen LogP contribution in [0.3, 0.4) is 0 Å². The Balaban J connectivity index is 1.40. The first-order valence-corrected chi connectivity index (χ1v) is 8.34. The number of hydrogen-bond donors (Lipinski definition) is 1. The number of amides is 1. The lowest BCUT2D eigenvalue weighted by Crippen LogP contribution is -2.44. The molecule has 26 heavy (non-hydrogen) atoms. The van der Waals surface area contributed by atoms with Gasteiger partial charge in [-0.25, -0.2) is 9.67 Å². The van der Waals surface area contributed by atoms with Crippen LogP contribution in [0.5, 0.6) is 11.5 Å². The Bertz CT molecular complexity index is 893. The monoisotopic (exact) mass is 350 g/mol. The highest BCUT2D eigenvalue weighted by molar-refractivity contribution is 5.82. The predicted molar refractivity (Wildman–Crippen MR) is 94.3 cm³/mol. The molecule has 7 nitrogen and oxygen atoms in total. The molecule has 1 amide bonds. The Hall–Kier alpha value is -3.35. The first kappa shape index (κ1) is 16.1. The molecule has 132 valence electrons. The van der Waals surface area contributed by atoms with Gasteiger partial charge < -0.3 is 14.8 Å². The van der Waals surface area contributed by atoms with E-state index in [-0.39, 0.29) is 18.6 Å². The predicted octanol–water partition coefficient (Wildman–Crippen LogP) is 2.28. The Morgan fingerprint density at radius 1 is 1.19 bits per heavy atom. The molecule has 0 fully saturated rings. The zero-order valence-corrected chi connectivity index (χ0v) is 14.2. The van der Waals surface area contributed by atoms with E-state index in [4.69, 9.17) is 9.47 Å². The smallest absolute Gasteiger partial charge is 0.265 e. The molecule has 2 aromatic carbocycles. The second-order valence-corrected chi connectivity index (χ2v) is 6.03. The molecule has 0 unspecified atom stereocenters. The van der Waals surface area contributed by atoms with Gasteiger partial charge in [0.25, 0.3) is 5.91 Å². The molecule has 0 bridgehead atoms. The van der Waals surface area contributed by atoms with Crippen molar-refractivity contribution in [3.8, 4) is 17.2 Å². The molecule has 1 aromatic heterocycles. The van der Waals surface area contributed by atoms with E-state index in [1.165, 1.54) is 6.33 Å². The lowest BCUT2D eigenvalue weighted by Gasteiger charge is -2.26. The van der Waals surface area contributed by atoms with E-state index in [2.05, 4.69) is 15.4 Å². The zero-order valence-electron chi connectivity index (χ0n) is 14.2. The molecule has 1 N–H and O–H groups in total. The van der Waals surface area contributed by atoms with Gasteiger partial charge in [0.05, 0.1) is 11.7 Å². The maximum Gasteiger partial charge on any atom is 0.265 e. The van der Waals surface area contributed by atoms with Crippen LogP contribution in [0.25, 0.3) is 5.69 Å². The van der Waals surface area contributed by atoms with Crippen LogP contribution < -0.4 is 14.8 Å². The van der Waals surface area contributed by atoms with Gasteiger partial charge in [-0.05, 0) is 36.8 Å². The van der Waals surface area contributed by atoms with Crippen molar-refractivity contribution in [3.05, 3.63) is 66.7 Å². The summed E-state index contributed by atoms with van der Waals surface area (Å²) in [5, 5.41) is 7.07.